The number of ether oxygens (including phenoxy) is 1. The van der Waals surface area contributed by atoms with Gasteiger partial charge in [0.05, 0.1) is 12.6 Å². The smallest absolute Gasteiger partial charge is 0.272 e. The molecule has 0 spiro atoms. The monoisotopic (exact) mass is 351 g/mol. The molecule has 0 unspecified atom stereocenters. The van der Waals surface area contributed by atoms with Gasteiger partial charge in [-0.05, 0) is 30.2 Å². The highest BCUT2D eigenvalue weighted by atomic mass is 16.5. The molecule has 0 saturated carbocycles. The van der Waals surface area contributed by atoms with E-state index in [2.05, 4.69) is 31.1 Å². The minimum Gasteiger partial charge on any atom is -0.496 e. The largest absolute Gasteiger partial charge is 0.496 e. The first-order valence-corrected chi connectivity index (χ1v) is 8.79. The first kappa shape index (κ1) is 18.0. The van der Waals surface area contributed by atoms with E-state index < -0.39 is 0 Å². The van der Waals surface area contributed by atoms with Crippen LogP contribution in [0.5, 0.6) is 5.75 Å². The average Bonchev–Trinajstić information content (AvgIpc) is 3.02. The van der Waals surface area contributed by atoms with Crippen LogP contribution in [-0.4, -0.2) is 28.9 Å². The summed E-state index contributed by atoms with van der Waals surface area (Å²) >= 11 is 0. The summed E-state index contributed by atoms with van der Waals surface area (Å²) in [5.74, 6) is 1.56. The molecule has 136 valence electrons. The molecule has 0 atom stereocenters. The maximum atomic E-state index is 12.7. The van der Waals surface area contributed by atoms with E-state index in [1.165, 1.54) is 0 Å². The number of fused-ring (bicyclic) bond motifs is 1. The van der Waals surface area contributed by atoms with E-state index in [9.17, 15) is 4.79 Å². The van der Waals surface area contributed by atoms with Gasteiger partial charge in [-0.3, -0.25) is 4.79 Å². The Morgan fingerprint density at radius 3 is 2.62 bits per heavy atom. The fourth-order valence-corrected chi connectivity index (χ4v) is 3.04. The van der Waals surface area contributed by atoms with Crippen molar-refractivity contribution < 1.29 is 9.53 Å². The zero-order chi connectivity index (χ0) is 18.7. The molecule has 2 aromatic heterocycles. The van der Waals surface area contributed by atoms with Gasteiger partial charge in [0, 0.05) is 18.2 Å². The Kier molecular flexibility index (Phi) is 4.98. The highest BCUT2D eigenvalue weighted by Crippen LogP contribution is 2.24. The quantitative estimate of drug-likeness (QED) is 0.764. The Morgan fingerprint density at radius 1 is 1.15 bits per heavy atom. The summed E-state index contributed by atoms with van der Waals surface area (Å²) in [6, 6.07) is 13.6. The normalized spacial score (nSPS) is 11.5. The lowest BCUT2D eigenvalue weighted by molar-refractivity contribution is 0.0951. The molecule has 5 heteroatoms. The van der Waals surface area contributed by atoms with Crippen LogP contribution >= 0.6 is 0 Å². The molecule has 3 aromatic rings. The van der Waals surface area contributed by atoms with Gasteiger partial charge in [0.1, 0.15) is 11.6 Å². The highest BCUT2D eigenvalue weighted by molar-refractivity contribution is 5.99. The molecule has 1 aromatic carbocycles. The molecule has 0 radical (unpaired) electrons. The molecule has 5 nitrogen and oxygen atoms in total. The number of carbonyl (C=O) groups is 1. The van der Waals surface area contributed by atoms with Crippen molar-refractivity contribution in [3.05, 3.63) is 65.7 Å². The second-order valence-corrected chi connectivity index (χ2v) is 7.31. The van der Waals surface area contributed by atoms with E-state index in [1.807, 2.05) is 53.1 Å². The summed E-state index contributed by atoms with van der Waals surface area (Å²) in [5.41, 5.74) is 2.21. The van der Waals surface area contributed by atoms with Gasteiger partial charge in [-0.2, -0.15) is 0 Å². The molecule has 1 N–H and O–H groups in total. The van der Waals surface area contributed by atoms with Gasteiger partial charge in [-0.15, -0.1) is 0 Å². The number of amides is 1. The highest BCUT2D eigenvalue weighted by Gasteiger charge is 2.24. The van der Waals surface area contributed by atoms with Crippen molar-refractivity contribution in [3.8, 4) is 5.75 Å². The lowest BCUT2D eigenvalue weighted by Gasteiger charge is -2.16. The van der Waals surface area contributed by atoms with Gasteiger partial charge in [0.25, 0.3) is 5.91 Å². The lowest BCUT2D eigenvalue weighted by Crippen LogP contribution is -2.26. The van der Waals surface area contributed by atoms with Gasteiger partial charge in [-0.1, -0.05) is 45.0 Å². The van der Waals surface area contributed by atoms with E-state index in [0.717, 1.165) is 22.7 Å². The average molecular weight is 351 g/mol. The second-order valence-electron chi connectivity index (χ2n) is 7.31. The number of hydrogen-bond acceptors (Lipinski definition) is 3. The number of pyridine rings is 1. The number of methoxy groups -OCH3 is 1. The molecule has 0 aliphatic rings. The van der Waals surface area contributed by atoms with Crippen LogP contribution in [0.15, 0.2) is 48.7 Å². The van der Waals surface area contributed by atoms with Crippen molar-refractivity contribution in [1.29, 1.82) is 0 Å². The Labute approximate surface area is 154 Å². The minimum absolute atomic E-state index is 0.153. The second kappa shape index (κ2) is 7.20. The van der Waals surface area contributed by atoms with Crippen LogP contribution in [-0.2, 0) is 11.8 Å². The topological polar surface area (TPSA) is 55.6 Å². The van der Waals surface area contributed by atoms with E-state index in [1.54, 1.807) is 7.11 Å². The van der Waals surface area contributed by atoms with E-state index >= 15 is 0 Å². The first-order chi connectivity index (χ1) is 12.4. The number of imidazole rings is 1. The fourth-order valence-electron chi connectivity index (χ4n) is 3.04. The van der Waals surface area contributed by atoms with Crippen LogP contribution in [0.1, 0.15) is 42.6 Å². The Bertz CT molecular complexity index is 922. The third kappa shape index (κ3) is 3.57. The molecule has 3 rings (SSSR count). The number of rotatable bonds is 5. The van der Waals surface area contributed by atoms with Gasteiger partial charge in [-0.25, -0.2) is 4.98 Å². The van der Waals surface area contributed by atoms with Crippen molar-refractivity contribution in [2.75, 3.05) is 13.7 Å². The molecule has 0 aliphatic heterocycles. The van der Waals surface area contributed by atoms with Gasteiger partial charge in [0.2, 0.25) is 0 Å². The zero-order valence-corrected chi connectivity index (χ0v) is 15.7. The summed E-state index contributed by atoms with van der Waals surface area (Å²) in [6.07, 6.45) is 2.65. The Hall–Kier alpha value is -2.82. The van der Waals surface area contributed by atoms with Gasteiger partial charge < -0.3 is 14.5 Å². The number of carbonyl (C=O) groups excluding carboxylic acids is 1. The molecular weight excluding hydrogens is 326 g/mol. The van der Waals surface area contributed by atoms with Gasteiger partial charge >= 0.3 is 0 Å². The number of para-hydroxylation sites is 1. The molecule has 26 heavy (non-hydrogen) atoms. The molecule has 0 bridgehead atoms. The fraction of sp³-hybridized carbons (Fsp3) is 0.333. The third-order valence-electron chi connectivity index (χ3n) is 4.31. The van der Waals surface area contributed by atoms with E-state index in [-0.39, 0.29) is 11.3 Å². The number of aromatic nitrogens is 2. The summed E-state index contributed by atoms with van der Waals surface area (Å²) in [7, 11) is 1.66. The lowest BCUT2D eigenvalue weighted by atomic mass is 9.96. The van der Waals surface area contributed by atoms with Gasteiger partial charge in [0.15, 0.2) is 5.69 Å². The predicted octanol–water partition coefficient (Wildman–Crippen LogP) is 3.61. The van der Waals surface area contributed by atoms with Crippen molar-refractivity contribution in [2.45, 2.75) is 32.6 Å². The van der Waals surface area contributed by atoms with Crippen LogP contribution in [0.3, 0.4) is 0 Å². The Morgan fingerprint density at radius 2 is 1.88 bits per heavy atom. The summed E-state index contributed by atoms with van der Waals surface area (Å²) in [5, 5.41) is 2.99. The summed E-state index contributed by atoms with van der Waals surface area (Å²) in [4.78, 5) is 17.4. The van der Waals surface area contributed by atoms with Crippen LogP contribution in [0.4, 0.5) is 0 Å². The molecule has 1 amide bonds. The van der Waals surface area contributed by atoms with Crippen molar-refractivity contribution in [2.24, 2.45) is 0 Å². The minimum atomic E-state index is -0.154. The number of nitrogens with zero attached hydrogens (tertiary/aromatic N) is 2. The molecular formula is C21H25N3O2. The number of nitrogens with one attached hydrogen (secondary N) is 1. The molecule has 0 saturated heterocycles. The third-order valence-corrected chi connectivity index (χ3v) is 4.31. The maximum Gasteiger partial charge on any atom is 0.272 e. The molecule has 2 heterocycles. The summed E-state index contributed by atoms with van der Waals surface area (Å²) in [6.45, 7) is 6.81. The van der Waals surface area contributed by atoms with Crippen molar-refractivity contribution >= 4 is 11.4 Å². The first-order valence-electron chi connectivity index (χ1n) is 8.79. The van der Waals surface area contributed by atoms with Crippen LogP contribution in [0.2, 0.25) is 0 Å². The van der Waals surface area contributed by atoms with Crippen LogP contribution < -0.4 is 10.1 Å². The van der Waals surface area contributed by atoms with Crippen LogP contribution in [0, 0.1) is 0 Å². The van der Waals surface area contributed by atoms with E-state index in [4.69, 9.17) is 4.74 Å². The molecule has 0 aliphatic carbocycles. The standard InChI is InChI=1S/C21H25N3O2/c1-21(2,3)20-23-18(16-10-7-8-14-24(16)20)19(25)22-13-12-15-9-5-6-11-17(15)26-4/h5-11,14H,12-13H2,1-4H3,(H,22,25). The Balaban J connectivity index is 1.78. The van der Waals surface area contributed by atoms with Crippen molar-refractivity contribution in [1.82, 2.24) is 14.7 Å². The number of hydrogen-bond donors (Lipinski definition) is 1. The summed E-state index contributed by atoms with van der Waals surface area (Å²) < 4.78 is 7.35. The van der Waals surface area contributed by atoms with Crippen LogP contribution in [0.25, 0.3) is 5.52 Å². The SMILES string of the molecule is COc1ccccc1CCNC(=O)c1nc(C(C)(C)C)n2ccccc12. The zero-order valence-electron chi connectivity index (χ0n) is 15.7. The molecule has 0 fully saturated rings. The number of benzene rings is 1. The maximum absolute atomic E-state index is 12.7. The van der Waals surface area contributed by atoms with Crippen molar-refractivity contribution in [3.63, 3.8) is 0 Å². The predicted molar refractivity (Wildman–Crippen MR) is 103 cm³/mol. The van der Waals surface area contributed by atoms with E-state index in [0.29, 0.717) is 18.7 Å².